The van der Waals surface area contributed by atoms with Crippen LogP contribution >= 0.6 is 11.8 Å². The van der Waals surface area contributed by atoms with Gasteiger partial charge in [0.25, 0.3) is 6.47 Å². The van der Waals surface area contributed by atoms with E-state index in [0.717, 1.165) is 17.7 Å². The Bertz CT molecular complexity index is 202. The molecule has 0 atom stereocenters. The van der Waals surface area contributed by atoms with Crippen LogP contribution in [0, 0.1) is 0 Å². The van der Waals surface area contributed by atoms with Crippen LogP contribution in [0.1, 0.15) is 26.2 Å². The van der Waals surface area contributed by atoms with E-state index in [4.69, 9.17) is 0 Å². The molecule has 3 nitrogen and oxygen atoms in total. The van der Waals surface area contributed by atoms with Gasteiger partial charge in [0.05, 0.1) is 6.61 Å². The van der Waals surface area contributed by atoms with Crippen molar-refractivity contribution in [3.8, 4) is 0 Å². The van der Waals surface area contributed by atoms with Crippen molar-refractivity contribution in [3.63, 3.8) is 0 Å². The van der Waals surface area contributed by atoms with Crippen LogP contribution in [0.15, 0.2) is 12.2 Å². The molecule has 0 bridgehead atoms. The van der Waals surface area contributed by atoms with Crippen molar-refractivity contribution in [1.29, 1.82) is 0 Å². The summed E-state index contributed by atoms with van der Waals surface area (Å²) in [6.45, 7) is 6.43. The van der Waals surface area contributed by atoms with Gasteiger partial charge in [-0.15, -0.1) is 6.58 Å². The normalized spacial score (nSPS) is 9.50. The van der Waals surface area contributed by atoms with Crippen molar-refractivity contribution in [2.75, 3.05) is 12.4 Å². The van der Waals surface area contributed by atoms with Crippen molar-refractivity contribution in [2.24, 2.45) is 0 Å². The first kappa shape index (κ1) is 13.2. The number of carbonyl (C=O) groups excluding carboxylic acids is 2. The van der Waals surface area contributed by atoms with E-state index < -0.39 is 0 Å². The van der Waals surface area contributed by atoms with E-state index in [0.29, 0.717) is 25.9 Å². The Morgan fingerprint density at radius 2 is 2.21 bits per heavy atom. The maximum atomic E-state index is 11.2. The van der Waals surface area contributed by atoms with Gasteiger partial charge >= 0.3 is 0 Å². The summed E-state index contributed by atoms with van der Waals surface area (Å²) in [7, 11) is 0. The Morgan fingerprint density at radius 1 is 1.50 bits per heavy atom. The van der Waals surface area contributed by atoms with Gasteiger partial charge in [0, 0.05) is 12.2 Å². The van der Waals surface area contributed by atoms with Crippen LogP contribution in [0.2, 0.25) is 0 Å². The molecule has 0 aromatic heterocycles. The summed E-state index contributed by atoms with van der Waals surface area (Å²) in [6, 6.07) is 0. The number of allylic oxidation sites excluding steroid dienone is 1. The zero-order valence-electron chi connectivity index (χ0n) is 8.45. The average Bonchev–Trinajstić information content (AvgIpc) is 2.12. The number of carbonyl (C=O) groups is 2. The van der Waals surface area contributed by atoms with E-state index in [-0.39, 0.29) is 5.12 Å². The SMILES string of the molecule is C=C(C)CCSC(=O)CCCOC=O. The summed E-state index contributed by atoms with van der Waals surface area (Å²) in [5.74, 6) is 0.794. The van der Waals surface area contributed by atoms with Crippen molar-refractivity contribution in [1.82, 2.24) is 0 Å². The van der Waals surface area contributed by atoms with Crippen molar-refractivity contribution in [2.45, 2.75) is 26.2 Å². The molecule has 0 rings (SSSR count). The molecule has 0 aliphatic heterocycles. The Labute approximate surface area is 88.9 Å². The molecule has 14 heavy (non-hydrogen) atoms. The zero-order chi connectivity index (χ0) is 10.8. The molecule has 0 aromatic rings. The van der Waals surface area contributed by atoms with E-state index in [1.54, 1.807) is 0 Å². The van der Waals surface area contributed by atoms with Gasteiger partial charge in [0.15, 0.2) is 5.12 Å². The van der Waals surface area contributed by atoms with E-state index in [9.17, 15) is 9.59 Å². The van der Waals surface area contributed by atoms with Crippen LogP contribution in [-0.2, 0) is 14.3 Å². The summed E-state index contributed by atoms with van der Waals surface area (Å²) in [6.07, 6.45) is 1.95. The molecule has 0 aliphatic carbocycles. The van der Waals surface area contributed by atoms with Crippen molar-refractivity contribution < 1.29 is 14.3 Å². The quantitative estimate of drug-likeness (QED) is 0.354. The topological polar surface area (TPSA) is 43.4 Å². The Morgan fingerprint density at radius 3 is 2.79 bits per heavy atom. The lowest BCUT2D eigenvalue weighted by atomic mass is 10.3. The molecule has 0 unspecified atom stereocenters. The van der Waals surface area contributed by atoms with Crippen molar-refractivity contribution in [3.05, 3.63) is 12.2 Å². The van der Waals surface area contributed by atoms with Crippen LogP contribution in [0.4, 0.5) is 0 Å². The average molecular weight is 216 g/mol. The van der Waals surface area contributed by atoms with E-state index >= 15 is 0 Å². The molecule has 0 saturated heterocycles. The number of hydrogen-bond acceptors (Lipinski definition) is 4. The second kappa shape index (κ2) is 8.81. The number of rotatable bonds is 8. The maximum absolute atomic E-state index is 11.2. The largest absolute Gasteiger partial charge is 0.468 e. The molecular weight excluding hydrogens is 200 g/mol. The molecule has 80 valence electrons. The van der Waals surface area contributed by atoms with Gasteiger partial charge in [-0.2, -0.15) is 0 Å². The Kier molecular flexibility index (Phi) is 8.33. The van der Waals surface area contributed by atoms with Crippen LogP contribution in [0.5, 0.6) is 0 Å². The van der Waals surface area contributed by atoms with E-state index in [2.05, 4.69) is 11.3 Å². The minimum atomic E-state index is 0.153. The second-order valence-electron chi connectivity index (χ2n) is 3.00. The molecule has 0 heterocycles. The van der Waals surface area contributed by atoms with E-state index in [1.165, 1.54) is 11.8 Å². The van der Waals surface area contributed by atoms with Crippen molar-refractivity contribution >= 4 is 23.3 Å². The monoisotopic (exact) mass is 216 g/mol. The second-order valence-corrected chi connectivity index (χ2v) is 4.15. The van der Waals surface area contributed by atoms with Gasteiger partial charge in [-0.05, 0) is 19.8 Å². The van der Waals surface area contributed by atoms with Gasteiger partial charge in [0.2, 0.25) is 0 Å². The minimum Gasteiger partial charge on any atom is -0.468 e. The molecule has 4 heteroatoms. The highest BCUT2D eigenvalue weighted by atomic mass is 32.2. The first-order valence-corrected chi connectivity index (χ1v) is 5.50. The standard InChI is InChI=1S/C10H16O3S/c1-9(2)5-7-14-10(12)4-3-6-13-8-11/h8H,1,3-7H2,2H3. The lowest BCUT2D eigenvalue weighted by Crippen LogP contribution is -1.98. The third kappa shape index (κ3) is 9.32. The molecule has 0 saturated carbocycles. The molecule has 0 spiro atoms. The number of hydrogen-bond donors (Lipinski definition) is 0. The smallest absolute Gasteiger partial charge is 0.293 e. The predicted octanol–water partition coefficient (Wildman–Crippen LogP) is 2.17. The molecule has 0 fully saturated rings. The molecule has 0 radical (unpaired) electrons. The van der Waals surface area contributed by atoms with Gasteiger partial charge in [-0.25, -0.2) is 0 Å². The van der Waals surface area contributed by atoms with Crippen LogP contribution in [-0.4, -0.2) is 23.9 Å². The predicted molar refractivity (Wildman–Crippen MR) is 58.1 cm³/mol. The highest BCUT2D eigenvalue weighted by molar-refractivity contribution is 8.13. The Balaban J connectivity index is 3.28. The van der Waals surface area contributed by atoms with Gasteiger partial charge in [-0.3, -0.25) is 9.59 Å². The molecule has 0 aliphatic rings. The third-order valence-electron chi connectivity index (χ3n) is 1.50. The third-order valence-corrected chi connectivity index (χ3v) is 2.44. The summed E-state index contributed by atoms with van der Waals surface area (Å²) in [4.78, 5) is 21.0. The highest BCUT2D eigenvalue weighted by Gasteiger charge is 2.02. The molecule has 0 aromatic carbocycles. The fraction of sp³-hybridized carbons (Fsp3) is 0.600. The van der Waals surface area contributed by atoms with E-state index in [1.807, 2.05) is 6.92 Å². The van der Waals surface area contributed by atoms with Crippen LogP contribution in [0.3, 0.4) is 0 Å². The number of ether oxygens (including phenoxy) is 1. The van der Waals surface area contributed by atoms with Gasteiger partial charge < -0.3 is 4.74 Å². The lowest BCUT2D eigenvalue weighted by molar-refractivity contribution is -0.129. The summed E-state index contributed by atoms with van der Waals surface area (Å²) >= 11 is 1.32. The Hall–Kier alpha value is -0.770. The summed E-state index contributed by atoms with van der Waals surface area (Å²) in [5.41, 5.74) is 1.09. The molecule has 0 N–H and O–H groups in total. The first-order chi connectivity index (χ1) is 6.66. The zero-order valence-corrected chi connectivity index (χ0v) is 9.27. The maximum Gasteiger partial charge on any atom is 0.293 e. The van der Waals surface area contributed by atoms with Crippen LogP contribution < -0.4 is 0 Å². The summed E-state index contributed by atoms with van der Waals surface area (Å²) < 4.78 is 4.47. The number of thioether (sulfide) groups is 1. The molecule has 0 amide bonds. The fourth-order valence-electron chi connectivity index (χ4n) is 0.759. The van der Waals surface area contributed by atoms with Gasteiger partial charge in [-0.1, -0.05) is 17.3 Å². The lowest BCUT2D eigenvalue weighted by Gasteiger charge is -2.00. The van der Waals surface area contributed by atoms with Crippen LogP contribution in [0.25, 0.3) is 0 Å². The minimum absolute atomic E-state index is 0.153. The highest BCUT2D eigenvalue weighted by Crippen LogP contribution is 2.11. The first-order valence-electron chi connectivity index (χ1n) is 4.52. The van der Waals surface area contributed by atoms with Gasteiger partial charge in [0.1, 0.15) is 0 Å². The molecular formula is C10H16O3S. The summed E-state index contributed by atoms with van der Waals surface area (Å²) in [5, 5.41) is 0.153. The fourth-order valence-corrected chi connectivity index (χ4v) is 1.73.